The summed E-state index contributed by atoms with van der Waals surface area (Å²) in [6.45, 7) is 4.85. The Hall–Kier alpha value is -2.54. The highest BCUT2D eigenvalue weighted by molar-refractivity contribution is 5.94. The zero-order chi connectivity index (χ0) is 17.1. The average molecular weight is 331 g/mol. The van der Waals surface area contributed by atoms with Crippen LogP contribution in [0.4, 0.5) is 10.5 Å². The van der Waals surface area contributed by atoms with Gasteiger partial charge in [-0.2, -0.15) is 0 Å². The molecule has 2 aliphatic rings. The maximum Gasteiger partial charge on any atom is 0.337 e. The number of ether oxygens (including phenoxy) is 2. The molecule has 2 amide bonds. The third kappa shape index (κ3) is 3.21. The van der Waals surface area contributed by atoms with E-state index in [-0.39, 0.29) is 6.03 Å². The van der Waals surface area contributed by atoms with E-state index in [1.807, 2.05) is 24.3 Å². The number of carbonyl (C=O) groups excluding carboxylic acids is 2. The molecule has 0 saturated carbocycles. The van der Waals surface area contributed by atoms with Crippen LogP contribution in [0, 0.1) is 0 Å². The van der Waals surface area contributed by atoms with Crippen molar-refractivity contribution in [2.75, 3.05) is 38.3 Å². The summed E-state index contributed by atoms with van der Waals surface area (Å²) >= 11 is 0. The number of hydrogen-bond acceptors (Lipinski definition) is 5. The number of nitrogens with one attached hydrogen (secondary N) is 2. The van der Waals surface area contributed by atoms with Crippen LogP contribution >= 0.6 is 0 Å². The number of morpholine rings is 1. The van der Waals surface area contributed by atoms with Gasteiger partial charge in [-0.3, -0.25) is 0 Å². The van der Waals surface area contributed by atoms with Crippen molar-refractivity contribution in [3.8, 4) is 0 Å². The van der Waals surface area contributed by atoms with Gasteiger partial charge in [0.25, 0.3) is 0 Å². The van der Waals surface area contributed by atoms with Crippen molar-refractivity contribution in [2.24, 2.45) is 0 Å². The normalized spacial score (nSPS) is 21.2. The quantitative estimate of drug-likeness (QED) is 0.817. The Morgan fingerprint density at radius 2 is 1.92 bits per heavy atom. The predicted octanol–water partition coefficient (Wildman–Crippen LogP) is 1.32. The summed E-state index contributed by atoms with van der Waals surface area (Å²) in [5, 5.41) is 5.40. The van der Waals surface area contributed by atoms with E-state index in [1.54, 1.807) is 6.92 Å². The second kappa shape index (κ2) is 6.92. The summed E-state index contributed by atoms with van der Waals surface area (Å²) in [5.74, 6) is -0.456. The van der Waals surface area contributed by atoms with E-state index in [0.717, 1.165) is 37.6 Å². The molecule has 7 heteroatoms. The van der Waals surface area contributed by atoms with Gasteiger partial charge >= 0.3 is 12.0 Å². The SMILES string of the molecule is COC(=O)C1=C(C)NC(=O)N[C@H]1c1ccc(N2CCOCC2)cc1. The number of allylic oxidation sites excluding steroid dienone is 1. The number of esters is 1. The number of methoxy groups -OCH3 is 1. The zero-order valence-electron chi connectivity index (χ0n) is 13.8. The molecule has 7 nitrogen and oxygen atoms in total. The zero-order valence-corrected chi connectivity index (χ0v) is 13.8. The first-order valence-corrected chi connectivity index (χ1v) is 7.89. The molecule has 2 aliphatic heterocycles. The van der Waals surface area contributed by atoms with Crippen molar-refractivity contribution in [3.63, 3.8) is 0 Å². The number of urea groups is 1. The minimum Gasteiger partial charge on any atom is -0.466 e. The molecular weight excluding hydrogens is 310 g/mol. The fourth-order valence-electron chi connectivity index (χ4n) is 3.02. The lowest BCUT2D eigenvalue weighted by Gasteiger charge is -2.30. The van der Waals surface area contributed by atoms with Gasteiger partial charge in [-0.05, 0) is 24.6 Å². The number of benzene rings is 1. The van der Waals surface area contributed by atoms with Crippen LogP contribution in [0.5, 0.6) is 0 Å². The molecule has 0 spiro atoms. The second-order valence-electron chi connectivity index (χ2n) is 5.75. The van der Waals surface area contributed by atoms with E-state index < -0.39 is 12.0 Å². The number of hydrogen-bond donors (Lipinski definition) is 2. The third-order valence-corrected chi connectivity index (χ3v) is 4.28. The van der Waals surface area contributed by atoms with Crippen molar-refractivity contribution in [3.05, 3.63) is 41.1 Å². The standard InChI is InChI=1S/C17H21N3O4/c1-11-14(16(21)23-2)15(19-17(22)18-11)12-3-5-13(6-4-12)20-7-9-24-10-8-20/h3-6,15H,7-10H2,1-2H3,(H2,18,19,22)/t15-/m0/s1. The molecule has 0 aliphatic carbocycles. The van der Waals surface area contributed by atoms with Crippen LogP contribution < -0.4 is 15.5 Å². The van der Waals surface area contributed by atoms with Crippen LogP contribution in [0.15, 0.2) is 35.5 Å². The van der Waals surface area contributed by atoms with Crippen LogP contribution in [-0.2, 0) is 14.3 Å². The number of anilines is 1. The summed E-state index contributed by atoms with van der Waals surface area (Å²) in [5.41, 5.74) is 2.85. The van der Waals surface area contributed by atoms with Gasteiger partial charge in [-0.15, -0.1) is 0 Å². The molecule has 1 aromatic carbocycles. The number of rotatable bonds is 3. The fraction of sp³-hybridized carbons (Fsp3) is 0.412. The van der Waals surface area contributed by atoms with Crippen LogP contribution in [0.3, 0.4) is 0 Å². The first kappa shape index (κ1) is 16.3. The molecule has 128 valence electrons. The van der Waals surface area contributed by atoms with Gasteiger partial charge in [0, 0.05) is 24.5 Å². The van der Waals surface area contributed by atoms with Crippen LogP contribution in [0.1, 0.15) is 18.5 Å². The summed E-state index contributed by atoms with van der Waals surface area (Å²) in [6.07, 6.45) is 0. The summed E-state index contributed by atoms with van der Waals surface area (Å²) in [6, 6.07) is 7.00. The molecule has 0 bridgehead atoms. The van der Waals surface area contributed by atoms with Crippen LogP contribution in [0.25, 0.3) is 0 Å². The van der Waals surface area contributed by atoms with E-state index >= 15 is 0 Å². The minimum atomic E-state index is -0.523. The average Bonchev–Trinajstić information content (AvgIpc) is 2.61. The lowest BCUT2D eigenvalue weighted by molar-refractivity contribution is -0.136. The van der Waals surface area contributed by atoms with E-state index in [1.165, 1.54) is 7.11 Å². The van der Waals surface area contributed by atoms with Gasteiger partial charge < -0.3 is 25.0 Å². The summed E-state index contributed by atoms with van der Waals surface area (Å²) in [7, 11) is 1.33. The number of carbonyl (C=O) groups is 2. The largest absolute Gasteiger partial charge is 0.466 e. The molecule has 1 aromatic rings. The number of nitrogens with zero attached hydrogens (tertiary/aromatic N) is 1. The van der Waals surface area contributed by atoms with Crippen molar-refractivity contribution < 1.29 is 19.1 Å². The fourth-order valence-corrected chi connectivity index (χ4v) is 3.02. The van der Waals surface area contributed by atoms with Crippen molar-refractivity contribution in [1.82, 2.24) is 10.6 Å². The molecule has 0 radical (unpaired) electrons. The number of amides is 2. The first-order chi connectivity index (χ1) is 11.6. The third-order valence-electron chi connectivity index (χ3n) is 4.28. The van der Waals surface area contributed by atoms with Crippen molar-refractivity contribution in [1.29, 1.82) is 0 Å². The van der Waals surface area contributed by atoms with Gasteiger partial charge in [-0.1, -0.05) is 12.1 Å². The van der Waals surface area contributed by atoms with E-state index in [2.05, 4.69) is 15.5 Å². The molecule has 2 heterocycles. The maximum atomic E-state index is 12.1. The molecule has 0 aromatic heterocycles. The Kier molecular flexibility index (Phi) is 4.71. The Balaban J connectivity index is 1.87. The Labute approximate surface area is 140 Å². The Morgan fingerprint density at radius 3 is 2.54 bits per heavy atom. The first-order valence-electron chi connectivity index (χ1n) is 7.89. The van der Waals surface area contributed by atoms with Gasteiger partial charge in [0.15, 0.2) is 0 Å². The summed E-state index contributed by atoms with van der Waals surface area (Å²) < 4.78 is 10.2. The molecule has 2 N–H and O–H groups in total. The molecule has 3 rings (SSSR count). The van der Waals surface area contributed by atoms with Crippen molar-refractivity contribution >= 4 is 17.7 Å². The van der Waals surface area contributed by atoms with E-state index in [9.17, 15) is 9.59 Å². The maximum absolute atomic E-state index is 12.1. The lowest BCUT2D eigenvalue weighted by atomic mass is 9.95. The summed E-state index contributed by atoms with van der Waals surface area (Å²) in [4.78, 5) is 26.1. The highest BCUT2D eigenvalue weighted by Crippen LogP contribution is 2.29. The van der Waals surface area contributed by atoms with Gasteiger partial charge in [0.05, 0.1) is 31.9 Å². The second-order valence-corrected chi connectivity index (χ2v) is 5.75. The topological polar surface area (TPSA) is 79.9 Å². The van der Waals surface area contributed by atoms with Crippen LogP contribution in [0.2, 0.25) is 0 Å². The Bertz CT molecular complexity index is 663. The highest BCUT2D eigenvalue weighted by Gasteiger charge is 2.31. The van der Waals surface area contributed by atoms with E-state index in [0.29, 0.717) is 11.3 Å². The highest BCUT2D eigenvalue weighted by atomic mass is 16.5. The minimum absolute atomic E-state index is 0.331. The van der Waals surface area contributed by atoms with Gasteiger partial charge in [0.2, 0.25) is 0 Å². The molecular formula is C17H21N3O4. The molecule has 1 atom stereocenters. The predicted molar refractivity (Wildman–Crippen MR) is 88.6 cm³/mol. The smallest absolute Gasteiger partial charge is 0.337 e. The monoisotopic (exact) mass is 331 g/mol. The lowest BCUT2D eigenvalue weighted by Crippen LogP contribution is -2.45. The van der Waals surface area contributed by atoms with E-state index in [4.69, 9.17) is 9.47 Å². The Morgan fingerprint density at radius 1 is 1.25 bits per heavy atom. The van der Waals surface area contributed by atoms with Gasteiger partial charge in [-0.25, -0.2) is 9.59 Å². The van der Waals surface area contributed by atoms with Gasteiger partial charge in [0.1, 0.15) is 0 Å². The molecule has 24 heavy (non-hydrogen) atoms. The molecule has 1 fully saturated rings. The van der Waals surface area contributed by atoms with Crippen molar-refractivity contribution in [2.45, 2.75) is 13.0 Å². The molecule has 1 saturated heterocycles. The van der Waals surface area contributed by atoms with Crippen LogP contribution in [-0.4, -0.2) is 45.4 Å². The molecule has 0 unspecified atom stereocenters.